The van der Waals surface area contributed by atoms with Gasteiger partial charge < -0.3 is 18.9 Å². The number of hydrogen-bond donors (Lipinski definition) is 0. The molecule has 3 rings (SSSR count). The van der Waals surface area contributed by atoms with Gasteiger partial charge in [0.25, 0.3) is 0 Å². The first-order valence-electron chi connectivity index (χ1n) is 8.98. The molecule has 0 amide bonds. The number of ether oxygens (including phenoxy) is 4. The lowest BCUT2D eigenvalue weighted by Crippen LogP contribution is -2.29. The smallest absolute Gasteiger partial charge is 0.337 e. The van der Waals surface area contributed by atoms with Crippen LogP contribution in [-0.2, 0) is 23.8 Å². The largest absolute Gasteiger partial charge is 0.497 e. The second kappa shape index (κ2) is 8.28. The molecule has 1 aromatic carbocycles. The molecule has 1 fully saturated rings. The van der Waals surface area contributed by atoms with Crippen LogP contribution in [-0.4, -0.2) is 44.5 Å². The van der Waals surface area contributed by atoms with Gasteiger partial charge in [0.2, 0.25) is 0 Å². The average molecular weight is 370 g/mol. The molecule has 0 spiro atoms. The Morgan fingerprint density at radius 3 is 2.30 bits per heavy atom. The van der Waals surface area contributed by atoms with Crippen molar-refractivity contribution >= 4 is 11.9 Å². The maximum absolute atomic E-state index is 12.4. The molecule has 2 heterocycles. The van der Waals surface area contributed by atoms with Crippen LogP contribution >= 0.6 is 0 Å². The molecule has 2 aliphatic rings. The van der Waals surface area contributed by atoms with Gasteiger partial charge in [-0.2, -0.15) is 0 Å². The minimum atomic E-state index is -0.570. The molecular formula is C21H22O6. The molecule has 3 unspecified atom stereocenters. The summed E-state index contributed by atoms with van der Waals surface area (Å²) >= 11 is 0. The van der Waals surface area contributed by atoms with E-state index < -0.39 is 24.1 Å². The van der Waals surface area contributed by atoms with E-state index >= 15 is 0 Å². The molecule has 1 saturated heterocycles. The quantitative estimate of drug-likeness (QED) is 0.585. The molecule has 0 radical (unpaired) electrons. The summed E-state index contributed by atoms with van der Waals surface area (Å²) in [5.74, 6) is 5.80. The highest BCUT2D eigenvalue weighted by Crippen LogP contribution is 2.43. The summed E-state index contributed by atoms with van der Waals surface area (Å²) in [6, 6.07) is 7.41. The summed E-state index contributed by atoms with van der Waals surface area (Å²) in [6.07, 6.45) is -0.506. The van der Waals surface area contributed by atoms with Crippen molar-refractivity contribution in [3.05, 3.63) is 41.0 Å². The van der Waals surface area contributed by atoms with Crippen molar-refractivity contribution in [1.82, 2.24) is 0 Å². The summed E-state index contributed by atoms with van der Waals surface area (Å²) in [5.41, 5.74) is 1.37. The predicted molar refractivity (Wildman–Crippen MR) is 96.9 cm³/mol. The molecule has 0 saturated carbocycles. The van der Waals surface area contributed by atoms with Gasteiger partial charge in [0.1, 0.15) is 11.9 Å². The van der Waals surface area contributed by atoms with E-state index in [4.69, 9.17) is 18.9 Å². The highest BCUT2D eigenvalue weighted by Gasteiger charge is 2.52. The summed E-state index contributed by atoms with van der Waals surface area (Å²) in [5, 5.41) is 0. The maximum Gasteiger partial charge on any atom is 0.337 e. The Bertz CT molecular complexity index is 811. The van der Waals surface area contributed by atoms with Gasteiger partial charge in [0.15, 0.2) is 0 Å². The standard InChI is InChI=1S/C21H22O6/c1-4-25-20(22)17-16-12-14(19(27-16)18(17)21(23)26-5-2)9-6-13-7-10-15(24-3)11-8-13/h7-8,10-11,14,16,19H,4-5,12H2,1-3H3. The van der Waals surface area contributed by atoms with Crippen LogP contribution in [0.1, 0.15) is 25.8 Å². The first-order chi connectivity index (χ1) is 13.1. The van der Waals surface area contributed by atoms with Crippen LogP contribution in [0.25, 0.3) is 0 Å². The normalized spacial score (nSPS) is 22.9. The molecule has 6 heteroatoms. The average Bonchev–Trinajstić information content (AvgIpc) is 3.25. The SMILES string of the molecule is CCOC(=O)C1=C(C(=O)OCC)C2OC1CC2C#Cc1ccc(OC)cc1. The first-order valence-corrected chi connectivity index (χ1v) is 8.98. The van der Waals surface area contributed by atoms with Gasteiger partial charge in [0.05, 0.1) is 43.5 Å². The zero-order valence-corrected chi connectivity index (χ0v) is 15.6. The number of esters is 2. The number of benzene rings is 1. The molecule has 1 aromatic rings. The van der Waals surface area contributed by atoms with E-state index in [2.05, 4.69) is 11.8 Å². The van der Waals surface area contributed by atoms with Crippen molar-refractivity contribution in [2.75, 3.05) is 20.3 Å². The fourth-order valence-electron chi connectivity index (χ4n) is 3.33. The van der Waals surface area contributed by atoms with Crippen molar-refractivity contribution in [2.45, 2.75) is 32.5 Å². The fourth-order valence-corrected chi connectivity index (χ4v) is 3.33. The number of carbonyl (C=O) groups excluding carboxylic acids is 2. The Balaban J connectivity index is 1.85. The summed E-state index contributed by atoms with van der Waals surface area (Å²) in [7, 11) is 1.61. The van der Waals surface area contributed by atoms with E-state index in [-0.39, 0.29) is 30.3 Å². The van der Waals surface area contributed by atoms with Crippen LogP contribution < -0.4 is 4.74 Å². The van der Waals surface area contributed by atoms with Gasteiger partial charge in [0, 0.05) is 5.56 Å². The van der Waals surface area contributed by atoms with Gasteiger partial charge in [-0.3, -0.25) is 0 Å². The van der Waals surface area contributed by atoms with Crippen LogP contribution in [0.15, 0.2) is 35.4 Å². The van der Waals surface area contributed by atoms with Gasteiger partial charge in [-0.15, -0.1) is 0 Å². The Labute approximate surface area is 158 Å². The van der Waals surface area contributed by atoms with E-state index in [9.17, 15) is 9.59 Å². The lowest BCUT2D eigenvalue weighted by atomic mass is 9.84. The number of fused-ring (bicyclic) bond motifs is 2. The minimum absolute atomic E-state index is 0.185. The van der Waals surface area contributed by atoms with Crippen LogP contribution in [0.4, 0.5) is 0 Å². The second-order valence-electron chi connectivity index (χ2n) is 6.15. The summed E-state index contributed by atoms with van der Waals surface area (Å²) in [6.45, 7) is 3.89. The molecular weight excluding hydrogens is 348 g/mol. The van der Waals surface area contributed by atoms with Gasteiger partial charge in [-0.25, -0.2) is 9.59 Å². The molecule has 0 N–H and O–H groups in total. The summed E-state index contributed by atoms with van der Waals surface area (Å²) < 4.78 is 21.2. The van der Waals surface area contributed by atoms with E-state index in [1.807, 2.05) is 24.3 Å². The Hall–Kier alpha value is -2.78. The van der Waals surface area contributed by atoms with E-state index in [1.165, 1.54) is 0 Å². The van der Waals surface area contributed by atoms with E-state index in [0.29, 0.717) is 6.42 Å². The topological polar surface area (TPSA) is 71.1 Å². The number of hydrogen-bond acceptors (Lipinski definition) is 6. The zero-order valence-electron chi connectivity index (χ0n) is 15.6. The summed E-state index contributed by atoms with van der Waals surface area (Å²) in [4.78, 5) is 24.7. The van der Waals surface area contributed by atoms with Gasteiger partial charge >= 0.3 is 11.9 Å². The molecule has 3 atom stereocenters. The molecule has 2 bridgehead atoms. The highest BCUT2D eigenvalue weighted by atomic mass is 16.6. The van der Waals surface area contributed by atoms with E-state index in [0.717, 1.165) is 11.3 Å². The predicted octanol–water partition coefficient (Wildman–Crippen LogP) is 2.26. The number of carbonyl (C=O) groups is 2. The molecule has 2 aliphatic heterocycles. The fraction of sp³-hybridized carbons (Fsp3) is 0.429. The lowest BCUT2D eigenvalue weighted by Gasteiger charge is -2.18. The van der Waals surface area contributed by atoms with Crippen molar-refractivity contribution in [3.8, 4) is 17.6 Å². The van der Waals surface area contributed by atoms with Crippen LogP contribution in [0.5, 0.6) is 5.75 Å². The number of methoxy groups -OCH3 is 1. The van der Waals surface area contributed by atoms with Gasteiger partial charge in [-0.1, -0.05) is 11.8 Å². The molecule has 0 aliphatic carbocycles. The lowest BCUT2D eigenvalue weighted by molar-refractivity contribution is -0.142. The minimum Gasteiger partial charge on any atom is -0.497 e. The van der Waals surface area contributed by atoms with Crippen LogP contribution in [0, 0.1) is 17.8 Å². The first kappa shape index (κ1) is 19.0. The Kier molecular flexibility index (Phi) is 5.82. The third-order valence-corrected chi connectivity index (χ3v) is 4.52. The van der Waals surface area contributed by atoms with Crippen LogP contribution in [0.2, 0.25) is 0 Å². The second-order valence-corrected chi connectivity index (χ2v) is 6.15. The zero-order chi connectivity index (χ0) is 19.4. The Morgan fingerprint density at radius 1 is 1.07 bits per heavy atom. The van der Waals surface area contributed by atoms with Crippen molar-refractivity contribution in [2.24, 2.45) is 5.92 Å². The van der Waals surface area contributed by atoms with Gasteiger partial charge in [-0.05, 0) is 44.5 Å². The van der Waals surface area contributed by atoms with Crippen molar-refractivity contribution < 1.29 is 28.5 Å². The Morgan fingerprint density at radius 2 is 1.70 bits per heavy atom. The van der Waals surface area contributed by atoms with Crippen molar-refractivity contribution in [3.63, 3.8) is 0 Å². The van der Waals surface area contributed by atoms with E-state index in [1.54, 1.807) is 21.0 Å². The van der Waals surface area contributed by atoms with Crippen LogP contribution in [0.3, 0.4) is 0 Å². The molecule has 6 nitrogen and oxygen atoms in total. The molecule has 27 heavy (non-hydrogen) atoms. The third kappa shape index (κ3) is 3.83. The monoisotopic (exact) mass is 370 g/mol. The molecule has 142 valence electrons. The number of rotatable bonds is 5. The van der Waals surface area contributed by atoms with Crippen molar-refractivity contribution in [1.29, 1.82) is 0 Å². The third-order valence-electron chi connectivity index (χ3n) is 4.52. The highest BCUT2D eigenvalue weighted by molar-refractivity contribution is 6.03. The molecule has 0 aromatic heterocycles. The maximum atomic E-state index is 12.4.